The molecule has 0 amide bonds. The Labute approximate surface area is 113 Å². The van der Waals surface area contributed by atoms with Crippen LogP contribution in [0.15, 0.2) is 42.0 Å². The number of halogens is 1. The van der Waals surface area contributed by atoms with Gasteiger partial charge in [-0.25, -0.2) is 0 Å². The molecule has 0 aliphatic heterocycles. The summed E-state index contributed by atoms with van der Waals surface area (Å²) in [4.78, 5) is 12.4. The highest BCUT2D eigenvalue weighted by Gasteiger charge is 2.24. The summed E-state index contributed by atoms with van der Waals surface area (Å²) in [5.41, 5.74) is 2.69. The van der Waals surface area contributed by atoms with E-state index in [0.29, 0.717) is 5.57 Å². The first kappa shape index (κ1) is 13.1. The lowest BCUT2D eigenvalue weighted by molar-refractivity contribution is -0.117. The molecule has 18 heavy (non-hydrogen) atoms. The normalized spacial score (nSPS) is 19.2. The van der Waals surface area contributed by atoms with Gasteiger partial charge in [-0.3, -0.25) is 4.79 Å². The first-order valence-corrected chi connectivity index (χ1v) is 6.61. The molecule has 0 fully saturated rings. The number of Topliss-reactive ketones (excluding diaryl/α,β-unsaturated/α-hetero) is 1. The Morgan fingerprint density at radius 3 is 2.72 bits per heavy atom. The van der Waals surface area contributed by atoms with Crippen molar-refractivity contribution < 1.29 is 4.79 Å². The minimum Gasteiger partial charge on any atom is -0.294 e. The van der Waals surface area contributed by atoms with Crippen molar-refractivity contribution in [3.8, 4) is 0 Å². The lowest BCUT2D eigenvalue weighted by atomic mass is 9.84. The number of carbonyl (C=O) groups is 1. The maximum absolute atomic E-state index is 12.4. The molecule has 0 spiro atoms. The molecular weight excluding hydrogens is 244 g/mol. The zero-order valence-corrected chi connectivity index (χ0v) is 11.3. The van der Waals surface area contributed by atoms with E-state index in [4.69, 9.17) is 11.6 Å². The van der Waals surface area contributed by atoms with Gasteiger partial charge >= 0.3 is 0 Å². The predicted octanol–water partition coefficient (Wildman–Crippen LogP) is 4.50. The van der Waals surface area contributed by atoms with Crippen LogP contribution in [0.3, 0.4) is 0 Å². The summed E-state index contributed by atoms with van der Waals surface area (Å²) in [6.45, 7) is 5.98. The highest BCUT2D eigenvalue weighted by Crippen LogP contribution is 2.30. The molecule has 0 radical (unpaired) electrons. The molecule has 2 rings (SSSR count). The van der Waals surface area contributed by atoms with Gasteiger partial charge in [-0.1, -0.05) is 48.5 Å². The van der Waals surface area contributed by atoms with Crippen molar-refractivity contribution in [2.75, 3.05) is 0 Å². The van der Waals surface area contributed by atoms with Gasteiger partial charge in [0.1, 0.15) is 0 Å². The summed E-state index contributed by atoms with van der Waals surface area (Å²) >= 11 is 5.94. The van der Waals surface area contributed by atoms with Crippen molar-refractivity contribution in [3.05, 3.63) is 53.1 Å². The largest absolute Gasteiger partial charge is 0.294 e. The van der Waals surface area contributed by atoms with Gasteiger partial charge < -0.3 is 0 Å². The van der Waals surface area contributed by atoms with E-state index in [2.05, 4.69) is 6.58 Å². The first-order chi connectivity index (χ1) is 8.59. The Bertz CT molecular complexity index is 514. The summed E-state index contributed by atoms with van der Waals surface area (Å²) < 4.78 is 0. The van der Waals surface area contributed by atoms with Gasteiger partial charge in [0, 0.05) is 16.5 Å². The fraction of sp³-hybridized carbons (Fsp3) is 0.312. The Balaban J connectivity index is 2.15. The fourth-order valence-electron chi connectivity index (χ4n) is 2.33. The Kier molecular flexibility index (Phi) is 4.03. The molecule has 1 aliphatic rings. The van der Waals surface area contributed by atoms with E-state index < -0.39 is 0 Å². The number of ketones is 1. The third-order valence-electron chi connectivity index (χ3n) is 3.49. The summed E-state index contributed by atoms with van der Waals surface area (Å²) in [6, 6.07) is 7.88. The van der Waals surface area contributed by atoms with E-state index >= 15 is 0 Å². The minimum absolute atomic E-state index is 0.0413. The Hall–Kier alpha value is -1.34. The highest BCUT2D eigenvalue weighted by molar-refractivity contribution is 6.29. The molecule has 1 aromatic carbocycles. The van der Waals surface area contributed by atoms with Crippen LogP contribution in [0.4, 0.5) is 0 Å². The molecular formula is C16H17ClO. The smallest absolute Gasteiger partial charge is 0.166 e. The summed E-state index contributed by atoms with van der Waals surface area (Å²) in [5, 5.41) is 0.876. The molecule has 0 bridgehead atoms. The van der Waals surface area contributed by atoms with Crippen molar-refractivity contribution >= 4 is 23.0 Å². The van der Waals surface area contributed by atoms with Gasteiger partial charge in [0.25, 0.3) is 0 Å². The zero-order valence-electron chi connectivity index (χ0n) is 10.6. The van der Waals surface area contributed by atoms with Crippen LogP contribution in [0.2, 0.25) is 0 Å². The molecule has 1 atom stereocenters. The first-order valence-electron chi connectivity index (χ1n) is 6.23. The number of rotatable bonds is 3. The van der Waals surface area contributed by atoms with Crippen molar-refractivity contribution in [3.63, 3.8) is 0 Å². The number of benzene rings is 1. The van der Waals surface area contributed by atoms with Crippen LogP contribution in [0, 0.1) is 12.8 Å². The second-order valence-electron chi connectivity index (χ2n) is 4.78. The summed E-state index contributed by atoms with van der Waals surface area (Å²) in [5.74, 6) is 0.198. The molecule has 1 aromatic rings. The minimum atomic E-state index is 0.0413. The summed E-state index contributed by atoms with van der Waals surface area (Å²) in [6.07, 6.45) is 4.33. The maximum Gasteiger partial charge on any atom is 0.166 e. The average molecular weight is 261 g/mol. The monoisotopic (exact) mass is 260 g/mol. The van der Waals surface area contributed by atoms with Crippen molar-refractivity contribution in [2.24, 2.45) is 5.92 Å². The SMILES string of the molecule is C=C(C(=O)C1CC=C(Cl)CC1)c1ccccc1C. The maximum atomic E-state index is 12.4. The van der Waals surface area contributed by atoms with Crippen LogP contribution in [0.1, 0.15) is 30.4 Å². The molecule has 1 nitrogen and oxygen atoms in total. The van der Waals surface area contributed by atoms with Gasteiger partial charge in [0.15, 0.2) is 5.78 Å². The molecule has 1 unspecified atom stereocenters. The van der Waals surface area contributed by atoms with E-state index in [1.807, 2.05) is 37.3 Å². The third kappa shape index (κ3) is 2.73. The van der Waals surface area contributed by atoms with Crippen molar-refractivity contribution in [2.45, 2.75) is 26.2 Å². The number of hydrogen-bond donors (Lipinski definition) is 0. The highest BCUT2D eigenvalue weighted by atomic mass is 35.5. The van der Waals surface area contributed by atoms with Crippen LogP contribution in [-0.2, 0) is 4.79 Å². The van der Waals surface area contributed by atoms with Crippen LogP contribution < -0.4 is 0 Å². The number of hydrogen-bond acceptors (Lipinski definition) is 1. The second-order valence-corrected chi connectivity index (χ2v) is 5.27. The zero-order chi connectivity index (χ0) is 13.1. The van der Waals surface area contributed by atoms with Crippen molar-refractivity contribution in [1.82, 2.24) is 0 Å². The standard InChI is InChI=1S/C16H17ClO/c1-11-5-3-4-6-15(11)12(2)16(18)13-7-9-14(17)10-8-13/h3-6,9,13H,2,7-8,10H2,1H3. The Morgan fingerprint density at radius 1 is 1.39 bits per heavy atom. The van der Waals surface area contributed by atoms with E-state index in [-0.39, 0.29) is 11.7 Å². The topological polar surface area (TPSA) is 17.1 Å². The second kappa shape index (κ2) is 5.53. The van der Waals surface area contributed by atoms with Gasteiger partial charge in [0.05, 0.1) is 0 Å². The van der Waals surface area contributed by atoms with Crippen LogP contribution in [-0.4, -0.2) is 5.78 Å². The van der Waals surface area contributed by atoms with E-state index in [1.165, 1.54) is 0 Å². The average Bonchev–Trinajstić information content (AvgIpc) is 2.38. The molecule has 1 aliphatic carbocycles. The lowest BCUT2D eigenvalue weighted by Crippen LogP contribution is -2.17. The molecule has 2 heteroatoms. The van der Waals surface area contributed by atoms with Gasteiger partial charge in [0.2, 0.25) is 0 Å². The molecule has 0 aromatic heterocycles. The van der Waals surface area contributed by atoms with Gasteiger partial charge in [-0.05, 0) is 37.3 Å². The van der Waals surface area contributed by atoms with Crippen molar-refractivity contribution in [1.29, 1.82) is 0 Å². The van der Waals surface area contributed by atoms with Crippen LogP contribution >= 0.6 is 11.6 Å². The molecule has 0 saturated carbocycles. The molecule has 0 heterocycles. The number of carbonyl (C=O) groups excluding carboxylic acids is 1. The molecule has 0 saturated heterocycles. The quantitative estimate of drug-likeness (QED) is 0.732. The fourth-order valence-corrected chi connectivity index (χ4v) is 2.53. The molecule has 0 N–H and O–H groups in total. The van der Waals surface area contributed by atoms with E-state index in [9.17, 15) is 4.79 Å². The Morgan fingerprint density at radius 2 is 2.11 bits per heavy atom. The summed E-state index contributed by atoms with van der Waals surface area (Å²) in [7, 11) is 0. The van der Waals surface area contributed by atoms with Crippen LogP contribution in [0.25, 0.3) is 5.57 Å². The predicted molar refractivity (Wildman–Crippen MR) is 76.5 cm³/mol. The van der Waals surface area contributed by atoms with Gasteiger partial charge in [-0.15, -0.1) is 0 Å². The lowest BCUT2D eigenvalue weighted by Gasteiger charge is -2.20. The third-order valence-corrected chi connectivity index (χ3v) is 3.84. The van der Waals surface area contributed by atoms with E-state index in [1.54, 1.807) is 0 Å². The van der Waals surface area contributed by atoms with Gasteiger partial charge in [-0.2, -0.15) is 0 Å². The number of allylic oxidation sites excluding steroid dienone is 3. The van der Waals surface area contributed by atoms with Crippen LogP contribution in [0.5, 0.6) is 0 Å². The molecule has 94 valence electrons. The number of aryl methyl sites for hydroxylation is 1. The van der Waals surface area contributed by atoms with E-state index in [0.717, 1.165) is 35.4 Å².